The van der Waals surface area contributed by atoms with Gasteiger partial charge in [0.2, 0.25) is 0 Å². The Morgan fingerprint density at radius 3 is 3.20 bits per heavy atom. The zero-order valence-corrected chi connectivity index (χ0v) is 11.6. The van der Waals surface area contributed by atoms with Crippen LogP contribution in [0.4, 0.5) is 5.69 Å². The number of carbonyl (C=O) groups is 1. The van der Waals surface area contributed by atoms with Crippen molar-refractivity contribution in [1.29, 1.82) is 0 Å². The van der Waals surface area contributed by atoms with Crippen LogP contribution in [0, 0.1) is 0 Å². The zero-order chi connectivity index (χ0) is 14.1. The first-order valence-electron chi connectivity index (χ1n) is 6.96. The van der Waals surface area contributed by atoms with E-state index in [1.54, 1.807) is 6.20 Å². The molecule has 0 saturated carbocycles. The van der Waals surface area contributed by atoms with E-state index in [4.69, 9.17) is 10.5 Å². The number of ether oxygens (including phenoxy) is 1. The summed E-state index contributed by atoms with van der Waals surface area (Å²) in [5.74, 6) is 0.0659. The summed E-state index contributed by atoms with van der Waals surface area (Å²) < 4.78 is 5.46. The number of anilines is 1. The van der Waals surface area contributed by atoms with Gasteiger partial charge >= 0.3 is 0 Å². The van der Waals surface area contributed by atoms with Crippen molar-refractivity contribution in [2.45, 2.75) is 19.4 Å². The number of benzene rings is 1. The van der Waals surface area contributed by atoms with Crippen molar-refractivity contribution >= 4 is 22.5 Å². The highest BCUT2D eigenvalue weighted by Crippen LogP contribution is 2.23. The summed E-state index contributed by atoms with van der Waals surface area (Å²) in [7, 11) is 0. The van der Waals surface area contributed by atoms with Gasteiger partial charge in [0.15, 0.2) is 0 Å². The molecular weight excluding hydrogens is 254 g/mol. The third-order valence-corrected chi connectivity index (χ3v) is 3.90. The molecule has 5 heteroatoms. The van der Waals surface area contributed by atoms with Gasteiger partial charge in [0.25, 0.3) is 5.91 Å². The smallest absolute Gasteiger partial charge is 0.256 e. The molecule has 20 heavy (non-hydrogen) atoms. The molecule has 2 aromatic rings. The lowest BCUT2D eigenvalue weighted by Gasteiger charge is -2.35. The van der Waals surface area contributed by atoms with Gasteiger partial charge in [0.05, 0.1) is 24.8 Å². The van der Waals surface area contributed by atoms with Crippen LogP contribution in [-0.4, -0.2) is 41.6 Å². The second-order valence-corrected chi connectivity index (χ2v) is 5.14. The first kappa shape index (κ1) is 13.0. The molecular formula is C15H19N3O2. The average Bonchev–Trinajstić information content (AvgIpc) is 2.89. The molecule has 1 aliphatic rings. The third kappa shape index (κ3) is 2.14. The number of rotatable bonds is 2. The maximum atomic E-state index is 12.7. The lowest BCUT2D eigenvalue weighted by Crippen LogP contribution is -2.48. The summed E-state index contributed by atoms with van der Waals surface area (Å²) in [6.45, 7) is 3.96. The lowest BCUT2D eigenvalue weighted by atomic mass is 10.1. The molecule has 1 saturated heterocycles. The second-order valence-electron chi connectivity index (χ2n) is 5.14. The Morgan fingerprint density at radius 1 is 1.55 bits per heavy atom. The average molecular weight is 273 g/mol. The van der Waals surface area contributed by atoms with Crippen LogP contribution in [0.2, 0.25) is 0 Å². The van der Waals surface area contributed by atoms with Crippen LogP contribution in [0.15, 0.2) is 24.4 Å². The standard InChI is InChI=1S/C15H19N3O2/c1-2-11-9-20-6-5-18(11)15(19)13-8-17-14-7-10(16)3-4-12(13)14/h3-4,7-8,11,17H,2,5-6,9,16H2,1H3. The molecule has 1 atom stereocenters. The Kier molecular flexibility index (Phi) is 3.36. The molecule has 1 aromatic carbocycles. The summed E-state index contributed by atoms with van der Waals surface area (Å²) in [4.78, 5) is 17.8. The van der Waals surface area contributed by atoms with E-state index in [-0.39, 0.29) is 11.9 Å². The fourth-order valence-corrected chi connectivity index (χ4v) is 2.74. The molecule has 106 valence electrons. The van der Waals surface area contributed by atoms with Gasteiger partial charge in [-0.3, -0.25) is 4.79 Å². The molecule has 2 heterocycles. The van der Waals surface area contributed by atoms with E-state index in [1.807, 2.05) is 23.1 Å². The Bertz CT molecular complexity index is 635. The van der Waals surface area contributed by atoms with Crippen molar-refractivity contribution in [2.75, 3.05) is 25.5 Å². The fourth-order valence-electron chi connectivity index (χ4n) is 2.74. The van der Waals surface area contributed by atoms with E-state index in [0.29, 0.717) is 31.0 Å². The predicted molar refractivity (Wildman–Crippen MR) is 78.6 cm³/mol. The normalized spacial score (nSPS) is 19.4. The molecule has 3 rings (SSSR count). The van der Waals surface area contributed by atoms with Gasteiger partial charge < -0.3 is 20.4 Å². The van der Waals surface area contributed by atoms with Crippen LogP contribution >= 0.6 is 0 Å². The minimum absolute atomic E-state index is 0.0659. The Labute approximate surface area is 117 Å². The second kappa shape index (κ2) is 5.17. The minimum atomic E-state index is 0.0659. The number of carbonyl (C=O) groups excluding carboxylic acids is 1. The Hall–Kier alpha value is -2.01. The van der Waals surface area contributed by atoms with Crippen molar-refractivity contribution < 1.29 is 9.53 Å². The molecule has 0 spiro atoms. The molecule has 1 amide bonds. The van der Waals surface area contributed by atoms with Gasteiger partial charge in [0, 0.05) is 29.3 Å². The van der Waals surface area contributed by atoms with E-state index in [1.165, 1.54) is 0 Å². The molecule has 1 unspecified atom stereocenters. The fraction of sp³-hybridized carbons (Fsp3) is 0.400. The molecule has 5 nitrogen and oxygen atoms in total. The quantitative estimate of drug-likeness (QED) is 0.822. The SMILES string of the molecule is CCC1COCCN1C(=O)c1c[nH]c2cc(N)ccc12. The van der Waals surface area contributed by atoms with E-state index >= 15 is 0 Å². The van der Waals surface area contributed by atoms with Crippen LogP contribution in [-0.2, 0) is 4.74 Å². The highest BCUT2D eigenvalue weighted by Gasteiger charge is 2.28. The first-order valence-corrected chi connectivity index (χ1v) is 6.96. The number of nitrogens with zero attached hydrogens (tertiary/aromatic N) is 1. The van der Waals surface area contributed by atoms with Gasteiger partial charge in [-0.15, -0.1) is 0 Å². The Morgan fingerprint density at radius 2 is 2.40 bits per heavy atom. The number of fused-ring (bicyclic) bond motifs is 1. The van der Waals surface area contributed by atoms with Crippen molar-refractivity contribution in [3.8, 4) is 0 Å². The Balaban J connectivity index is 1.95. The number of aromatic amines is 1. The summed E-state index contributed by atoms with van der Waals surface area (Å²) in [5, 5.41) is 0.922. The summed E-state index contributed by atoms with van der Waals surface area (Å²) >= 11 is 0. The molecule has 0 aliphatic carbocycles. The van der Waals surface area contributed by atoms with E-state index in [0.717, 1.165) is 17.3 Å². The maximum Gasteiger partial charge on any atom is 0.256 e. The van der Waals surface area contributed by atoms with Gasteiger partial charge in [0.1, 0.15) is 0 Å². The van der Waals surface area contributed by atoms with Gasteiger partial charge in [-0.1, -0.05) is 6.92 Å². The van der Waals surface area contributed by atoms with Crippen LogP contribution in [0.5, 0.6) is 0 Å². The molecule has 1 fully saturated rings. The summed E-state index contributed by atoms with van der Waals surface area (Å²) in [6, 6.07) is 5.73. The molecule has 1 aromatic heterocycles. The number of amides is 1. The van der Waals surface area contributed by atoms with Crippen molar-refractivity contribution in [2.24, 2.45) is 0 Å². The number of hydrogen-bond donors (Lipinski definition) is 2. The van der Waals surface area contributed by atoms with E-state index < -0.39 is 0 Å². The number of morpholine rings is 1. The maximum absolute atomic E-state index is 12.7. The van der Waals surface area contributed by atoms with Crippen LogP contribution in [0.25, 0.3) is 10.9 Å². The highest BCUT2D eigenvalue weighted by atomic mass is 16.5. The first-order chi connectivity index (χ1) is 9.70. The third-order valence-electron chi connectivity index (χ3n) is 3.90. The molecule has 0 radical (unpaired) electrons. The number of nitrogens with two attached hydrogens (primary N) is 1. The molecule has 1 aliphatic heterocycles. The summed E-state index contributed by atoms with van der Waals surface area (Å²) in [5.41, 5.74) is 8.06. The largest absolute Gasteiger partial charge is 0.399 e. The number of H-pyrrole nitrogens is 1. The van der Waals surface area contributed by atoms with Gasteiger partial charge in [-0.05, 0) is 24.6 Å². The van der Waals surface area contributed by atoms with Crippen molar-refractivity contribution in [3.05, 3.63) is 30.0 Å². The summed E-state index contributed by atoms with van der Waals surface area (Å²) in [6.07, 6.45) is 2.68. The molecule has 0 bridgehead atoms. The minimum Gasteiger partial charge on any atom is -0.399 e. The zero-order valence-electron chi connectivity index (χ0n) is 11.6. The van der Waals surface area contributed by atoms with E-state index in [9.17, 15) is 4.79 Å². The number of nitrogens with one attached hydrogen (secondary N) is 1. The molecule has 3 N–H and O–H groups in total. The highest BCUT2D eigenvalue weighted by molar-refractivity contribution is 6.07. The van der Waals surface area contributed by atoms with E-state index in [2.05, 4.69) is 11.9 Å². The topological polar surface area (TPSA) is 71.3 Å². The van der Waals surface area contributed by atoms with Crippen molar-refractivity contribution in [1.82, 2.24) is 9.88 Å². The van der Waals surface area contributed by atoms with Crippen LogP contribution in [0.1, 0.15) is 23.7 Å². The number of nitrogen functional groups attached to an aromatic ring is 1. The monoisotopic (exact) mass is 273 g/mol. The van der Waals surface area contributed by atoms with Gasteiger partial charge in [-0.25, -0.2) is 0 Å². The van der Waals surface area contributed by atoms with Crippen LogP contribution in [0.3, 0.4) is 0 Å². The van der Waals surface area contributed by atoms with Crippen molar-refractivity contribution in [3.63, 3.8) is 0 Å². The number of hydrogen-bond acceptors (Lipinski definition) is 3. The van der Waals surface area contributed by atoms with Crippen LogP contribution < -0.4 is 5.73 Å². The van der Waals surface area contributed by atoms with Gasteiger partial charge in [-0.2, -0.15) is 0 Å². The number of aromatic nitrogens is 1. The predicted octanol–water partition coefficient (Wildman–Crippen LogP) is 2.00. The lowest BCUT2D eigenvalue weighted by molar-refractivity contribution is -0.00269.